The van der Waals surface area contributed by atoms with Gasteiger partial charge in [-0.15, -0.1) is 0 Å². The van der Waals surface area contributed by atoms with Crippen LogP contribution in [0.2, 0.25) is 0 Å². The fourth-order valence-corrected chi connectivity index (χ4v) is 1.73. The highest BCUT2D eigenvalue weighted by molar-refractivity contribution is 4.94. The minimum atomic E-state index is -0.689. The third-order valence-electron chi connectivity index (χ3n) is 2.78. The standard InChI is InChI=1S/C10H20FNO/c1-8(2)13-7-10(3)5-9(11)6-12(10)4/h8-9H,5-7H2,1-4H3. The van der Waals surface area contributed by atoms with Gasteiger partial charge in [0, 0.05) is 18.5 Å². The van der Waals surface area contributed by atoms with Crippen LogP contribution in [0, 0.1) is 0 Å². The van der Waals surface area contributed by atoms with E-state index in [1.165, 1.54) is 0 Å². The molecule has 0 amide bonds. The zero-order valence-electron chi connectivity index (χ0n) is 9.01. The molecule has 2 unspecified atom stereocenters. The number of rotatable bonds is 3. The molecule has 0 bridgehead atoms. The van der Waals surface area contributed by atoms with Crippen molar-refractivity contribution in [2.24, 2.45) is 0 Å². The molecule has 1 aliphatic heterocycles. The molecule has 2 atom stereocenters. The molecule has 13 heavy (non-hydrogen) atoms. The molecule has 3 heteroatoms. The van der Waals surface area contributed by atoms with Crippen LogP contribution in [0.5, 0.6) is 0 Å². The van der Waals surface area contributed by atoms with Gasteiger partial charge in [-0.25, -0.2) is 4.39 Å². The fourth-order valence-electron chi connectivity index (χ4n) is 1.73. The normalized spacial score (nSPS) is 36.0. The van der Waals surface area contributed by atoms with E-state index < -0.39 is 6.17 Å². The van der Waals surface area contributed by atoms with Crippen molar-refractivity contribution in [2.45, 2.75) is 45.0 Å². The molecule has 0 N–H and O–H groups in total. The van der Waals surface area contributed by atoms with Gasteiger partial charge < -0.3 is 4.74 Å². The van der Waals surface area contributed by atoms with Gasteiger partial charge in [0.05, 0.1) is 12.7 Å². The maximum atomic E-state index is 13.1. The minimum Gasteiger partial charge on any atom is -0.377 e. The van der Waals surface area contributed by atoms with E-state index >= 15 is 0 Å². The lowest BCUT2D eigenvalue weighted by Gasteiger charge is -2.32. The second-order valence-electron chi connectivity index (χ2n) is 4.54. The van der Waals surface area contributed by atoms with Gasteiger partial charge in [0.15, 0.2) is 0 Å². The lowest BCUT2D eigenvalue weighted by molar-refractivity contribution is 0.00329. The maximum Gasteiger partial charge on any atom is 0.115 e. The van der Waals surface area contributed by atoms with Gasteiger partial charge in [0.1, 0.15) is 6.17 Å². The molecule has 1 heterocycles. The summed E-state index contributed by atoms with van der Waals surface area (Å²) in [6.45, 7) is 7.24. The first-order valence-corrected chi connectivity index (χ1v) is 4.91. The third-order valence-corrected chi connectivity index (χ3v) is 2.78. The monoisotopic (exact) mass is 189 g/mol. The summed E-state index contributed by atoms with van der Waals surface area (Å²) in [5.41, 5.74) is -0.107. The Labute approximate surface area is 80.1 Å². The van der Waals surface area contributed by atoms with Gasteiger partial charge in [-0.1, -0.05) is 0 Å². The Kier molecular flexibility index (Phi) is 3.30. The van der Waals surface area contributed by atoms with Crippen molar-refractivity contribution in [3.63, 3.8) is 0 Å². The van der Waals surface area contributed by atoms with Crippen LogP contribution in [-0.4, -0.2) is 42.9 Å². The molecule has 0 aliphatic carbocycles. The van der Waals surface area contributed by atoms with E-state index in [1.807, 2.05) is 20.9 Å². The predicted molar refractivity (Wildman–Crippen MR) is 51.6 cm³/mol. The zero-order valence-corrected chi connectivity index (χ0v) is 9.01. The number of hydrogen-bond acceptors (Lipinski definition) is 2. The molecule has 0 radical (unpaired) electrons. The summed E-state index contributed by atoms with van der Waals surface area (Å²) in [5.74, 6) is 0. The van der Waals surface area contributed by atoms with Crippen molar-refractivity contribution in [3.8, 4) is 0 Å². The Hall–Kier alpha value is -0.150. The molecule has 1 fully saturated rings. The average Bonchev–Trinajstić information content (AvgIpc) is 2.23. The molecule has 0 spiro atoms. The summed E-state index contributed by atoms with van der Waals surface area (Å²) >= 11 is 0. The van der Waals surface area contributed by atoms with Crippen molar-refractivity contribution in [1.82, 2.24) is 4.90 Å². The van der Waals surface area contributed by atoms with Crippen molar-refractivity contribution in [3.05, 3.63) is 0 Å². The van der Waals surface area contributed by atoms with Crippen molar-refractivity contribution in [2.75, 3.05) is 20.2 Å². The second kappa shape index (κ2) is 3.93. The summed E-state index contributed by atoms with van der Waals surface area (Å²) in [4.78, 5) is 2.06. The Morgan fingerprint density at radius 2 is 2.23 bits per heavy atom. The average molecular weight is 189 g/mol. The molecule has 2 nitrogen and oxygen atoms in total. The van der Waals surface area contributed by atoms with E-state index in [4.69, 9.17) is 4.74 Å². The molecule has 1 rings (SSSR count). The van der Waals surface area contributed by atoms with Crippen LogP contribution in [0.25, 0.3) is 0 Å². The van der Waals surface area contributed by atoms with Crippen molar-refractivity contribution < 1.29 is 9.13 Å². The van der Waals surface area contributed by atoms with Gasteiger partial charge in [0.25, 0.3) is 0 Å². The Morgan fingerprint density at radius 1 is 1.62 bits per heavy atom. The van der Waals surface area contributed by atoms with Crippen LogP contribution < -0.4 is 0 Å². The van der Waals surface area contributed by atoms with Crippen LogP contribution in [-0.2, 0) is 4.74 Å². The summed E-state index contributed by atoms with van der Waals surface area (Å²) < 4.78 is 18.6. The molecule has 0 aromatic rings. The Bertz CT molecular complexity index is 174. The number of nitrogens with zero attached hydrogens (tertiary/aromatic N) is 1. The van der Waals surface area contributed by atoms with Gasteiger partial charge in [-0.05, 0) is 27.8 Å². The summed E-state index contributed by atoms with van der Waals surface area (Å²) in [6.07, 6.45) is 0.130. The van der Waals surface area contributed by atoms with E-state index in [0.717, 1.165) is 0 Å². The van der Waals surface area contributed by atoms with Crippen molar-refractivity contribution >= 4 is 0 Å². The van der Waals surface area contributed by atoms with Crippen molar-refractivity contribution in [1.29, 1.82) is 0 Å². The highest BCUT2D eigenvalue weighted by Crippen LogP contribution is 2.29. The number of halogens is 1. The molecular weight excluding hydrogens is 169 g/mol. The van der Waals surface area contributed by atoms with Gasteiger partial charge in [-0.3, -0.25) is 4.90 Å². The minimum absolute atomic E-state index is 0.107. The van der Waals surface area contributed by atoms with Crippen LogP contribution in [0.3, 0.4) is 0 Å². The number of ether oxygens (including phenoxy) is 1. The first-order chi connectivity index (χ1) is 5.94. The molecule has 0 saturated carbocycles. The summed E-state index contributed by atoms with van der Waals surface area (Å²) in [6, 6.07) is 0. The largest absolute Gasteiger partial charge is 0.377 e. The molecule has 78 valence electrons. The quantitative estimate of drug-likeness (QED) is 0.671. The smallest absolute Gasteiger partial charge is 0.115 e. The first-order valence-electron chi connectivity index (χ1n) is 4.91. The molecule has 1 saturated heterocycles. The number of likely N-dealkylation sites (N-methyl/N-ethyl adjacent to an activating group) is 1. The topological polar surface area (TPSA) is 12.5 Å². The van der Waals surface area contributed by atoms with Gasteiger partial charge >= 0.3 is 0 Å². The van der Waals surface area contributed by atoms with Gasteiger partial charge in [0.2, 0.25) is 0 Å². The number of likely N-dealkylation sites (tertiary alicyclic amines) is 1. The van der Waals surface area contributed by atoms with Crippen LogP contribution in [0.4, 0.5) is 4.39 Å². The summed E-state index contributed by atoms with van der Waals surface area (Å²) in [7, 11) is 1.96. The van der Waals surface area contributed by atoms with E-state index in [1.54, 1.807) is 0 Å². The predicted octanol–water partition coefficient (Wildman–Crippen LogP) is 1.84. The second-order valence-corrected chi connectivity index (χ2v) is 4.54. The highest BCUT2D eigenvalue weighted by Gasteiger charge is 2.40. The molecular formula is C10H20FNO. The van der Waals surface area contributed by atoms with E-state index in [2.05, 4.69) is 11.8 Å². The maximum absolute atomic E-state index is 13.1. The zero-order chi connectivity index (χ0) is 10.1. The lowest BCUT2D eigenvalue weighted by atomic mass is 10.0. The Morgan fingerprint density at radius 3 is 2.62 bits per heavy atom. The summed E-state index contributed by atoms with van der Waals surface area (Å²) in [5, 5.41) is 0. The highest BCUT2D eigenvalue weighted by atomic mass is 19.1. The third kappa shape index (κ3) is 2.64. The molecule has 0 aromatic carbocycles. The van der Waals surface area contributed by atoms with Gasteiger partial charge in [-0.2, -0.15) is 0 Å². The van der Waals surface area contributed by atoms with E-state index in [-0.39, 0.29) is 11.6 Å². The van der Waals surface area contributed by atoms with Crippen LogP contribution >= 0.6 is 0 Å². The first kappa shape index (κ1) is 10.9. The Balaban J connectivity index is 2.45. The molecule has 1 aliphatic rings. The number of alkyl halides is 1. The SMILES string of the molecule is CC(C)OCC1(C)CC(F)CN1C. The number of hydrogen-bond donors (Lipinski definition) is 0. The lowest BCUT2D eigenvalue weighted by Crippen LogP contribution is -2.43. The van der Waals surface area contributed by atoms with Crippen LogP contribution in [0.15, 0.2) is 0 Å². The molecule has 0 aromatic heterocycles. The van der Waals surface area contributed by atoms with E-state index in [0.29, 0.717) is 19.6 Å². The van der Waals surface area contributed by atoms with Crippen LogP contribution in [0.1, 0.15) is 27.2 Å². The fraction of sp³-hybridized carbons (Fsp3) is 1.00. The van der Waals surface area contributed by atoms with E-state index in [9.17, 15) is 4.39 Å².